The number of aromatic nitrogens is 3. The fourth-order valence-corrected chi connectivity index (χ4v) is 17.1. The molecular formula is C56H38IN3. The van der Waals surface area contributed by atoms with E-state index in [1.807, 2.05) is 0 Å². The topological polar surface area (TPSA) is 14.8 Å². The Morgan fingerprint density at radius 1 is 0.367 bits per heavy atom. The van der Waals surface area contributed by atoms with E-state index in [4.69, 9.17) is 0 Å². The van der Waals surface area contributed by atoms with Crippen molar-refractivity contribution in [1.82, 2.24) is 13.7 Å². The molecule has 0 fully saturated rings. The van der Waals surface area contributed by atoms with E-state index in [2.05, 4.69) is 221 Å². The zero-order chi connectivity index (χ0) is 39.5. The van der Waals surface area contributed by atoms with Crippen molar-refractivity contribution in [2.24, 2.45) is 0 Å². The van der Waals surface area contributed by atoms with E-state index < -0.39 is 19.8 Å². The molecule has 0 N–H and O–H groups in total. The molecule has 0 saturated carbocycles. The summed E-state index contributed by atoms with van der Waals surface area (Å²) in [6, 6.07) is 75.3. The average Bonchev–Trinajstić information content (AvgIpc) is 4.04. The normalized spacial score (nSPS) is 13.1. The van der Waals surface area contributed by atoms with Gasteiger partial charge in [-0.1, -0.05) is 0 Å². The van der Waals surface area contributed by atoms with Gasteiger partial charge in [-0.2, -0.15) is 0 Å². The summed E-state index contributed by atoms with van der Waals surface area (Å²) in [6.45, 7) is 3.15. The third kappa shape index (κ3) is 4.60. The molecule has 0 bridgehead atoms. The molecule has 1 aliphatic heterocycles. The molecule has 4 heteroatoms. The number of hydrogen-bond donors (Lipinski definition) is 0. The van der Waals surface area contributed by atoms with Crippen molar-refractivity contribution in [2.75, 3.05) is 0 Å². The Hall–Kier alpha value is -6.89. The molecular weight excluding hydrogens is 842 g/mol. The van der Waals surface area contributed by atoms with Gasteiger partial charge in [-0.25, -0.2) is 0 Å². The van der Waals surface area contributed by atoms with Crippen molar-refractivity contribution >= 4 is 85.2 Å². The van der Waals surface area contributed by atoms with Gasteiger partial charge in [0, 0.05) is 0 Å². The molecule has 0 unspecified atom stereocenters. The van der Waals surface area contributed by atoms with Crippen LogP contribution in [-0.2, 0) is 6.54 Å². The van der Waals surface area contributed by atoms with E-state index in [1.165, 1.54) is 110 Å². The molecule has 0 spiro atoms. The van der Waals surface area contributed by atoms with E-state index in [9.17, 15) is 0 Å². The van der Waals surface area contributed by atoms with E-state index in [-0.39, 0.29) is 0 Å². The third-order valence-electron chi connectivity index (χ3n) is 12.7. The summed E-state index contributed by atoms with van der Waals surface area (Å²) >= 11 is -2.34. The Morgan fingerprint density at radius 3 is 1.38 bits per heavy atom. The van der Waals surface area contributed by atoms with E-state index in [0.717, 1.165) is 6.54 Å². The predicted molar refractivity (Wildman–Crippen MR) is 261 cm³/mol. The van der Waals surface area contributed by atoms with Crippen LogP contribution in [0.1, 0.15) is 6.92 Å². The van der Waals surface area contributed by atoms with E-state index in [0.29, 0.717) is 0 Å². The van der Waals surface area contributed by atoms with Crippen LogP contribution in [-0.4, -0.2) is 13.7 Å². The third-order valence-corrected chi connectivity index (χ3v) is 19.0. The molecule has 12 aromatic rings. The summed E-state index contributed by atoms with van der Waals surface area (Å²) in [5, 5.41) is 7.64. The van der Waals surface area contributed by atoms with Crippen LogP contribution in [0.5, 0.6) is 0 Å². The molecule has 0 amide bonds. The van der Waals surface area contributed by atoms with Crippen LogP contribution in [0.3, 0.4) is 0 Å². The summed E-state index contributed by atoms with van der Waals surface area (Å²) in [5.41, 5.74) is 15.2. The summed E-state index contributed by atoms with van der Waals surface area (Å²) in [5.74, 6) is 0. The first-order chi connectivity index (χ1) is 29.8. The van der Waals surface area contributed by atoms with Crippen molar-refractivity contribution < 1.29 is 0 Å². The van der Waals surface area contributed by atoms with Crippen molar-refractivity contribution in [1.29, 1.82) is 0 Å². The maximum absolute atomic E-state index is 2.59. The van der Waals surface area contributed by atoms with Crippen LogP contribution in [0.15, 0.2) is 200 Å². The van der Waals surface area contributed by atoms with E-state index in [1.54, 1.807) is 0 Å². The van der Waals surface area contributed by atoms with Gasteiger partial charge in [0.05, 0.1) is 0 Å². The average molecular weight is 880 g/mol. The van der Waals surface area contributed by atoms with Crippen LogP contribution < -0.4 is 0 Å². The molecule has 284 valence electrons. The molecule has 0 atom stereocenters. The van der Waals surface area contributed by atoms with Gasteiger partial charge >= 0.3 is 357 Å². The minimum absolute atomic E-state index is 0.842. The van der Waals surface area contributed by atoms with Gasteiger partial charge in [0.15, 0.2) is 0 Å². The second-order valence-electron chi connectivity index (χ2n) is 15.7. The first-order valence-electron chi connectivity index (χ1n) is 20.8. The second kappa shape index (κ2) is 13.1. The molecule has 4 heterocycles. The Morgan fingerprint density at radius 2 is 0.817 bits per heavy atom. The number of halogens is 1. The van der Waals surface area contributed by atoms with Crippen LogP contribution >= 0.6 is 19.8 Å². The van der Waals surface area contributed by atoms with Crippen molar-refractivity contribution in [3.63, 3.8) is 0 Å². The van der Waals surface area contributed by atoms with Crippen molar-refractivity contribution in [2.45, 2.75) is 13.5 Å². The summed E-state index contributed by atoms with van der Waals surface area (Å²) in [6.07, 6.45) is 0. The molecule has 3 nitrogen and oxygen atoms in total. The van der Waals surface area contributed by atoms with Gasteiger partial charge in [-0.3, -0.25) is 0 Å². The van der Waals surface area contributed by atoms with Gasteiger partial charge in [-0.15, -0.1) is 0 Å². The van der Waals surface area contributed by atoms with Crippen LogP contribution in [0.2, 0.25) is 0 Å². The number of fused-ring (bicyclic) bond motifs is 12. The van der Waals surface area contributed by atoms with Crippen molar-refractivity contribution in [3.8, 4) is 33.6 Å². The Labute approximate surface area is 354 Å². The van der Waals surface area contributed by atoms with Gasteiger partial charge in [0.25, 0.3) is 0 Å². The van der Waals surface area contributed by atoms with Gasteiger partial charge in [0.1, 0.15) is 0 Å². The van der Waals surface area contributed by atoms with Crippen LogP contribution in [0, 0.1) is 10.7 Å². The molecule has 13 rings (SSSR count). The Balaban J connectivity index is 1.31. The number of nitrogens with zero attached hydrogens (tertiary/aromatic N) is 3. The zero-order valence-electron chi connectivity index (χ0n) is 33.0. The number of para-hydroxylation sites is 5. The number of rotatable bonds is 5. The number of hydrogen-bond acceptors (Lipinski definition) is 0. The number of benzene rings is 9. The minimum atomic E-state index is -2.34. The second-order valence-corrected chi connectivity index (χ2v) is 20.8. The molecule has 1 aliphatic rings. The quantitative estimate of drug-likeness (QED) is 0.153. The monoisotopic (exact) mass is 879 g/mol. The Kier molecular flexibility index (Phi) is 7.40. The molecule has 0 aliphatic carbocycles. The summed E-state index contributed by atoms with van der Waals surface area (Å²) in [4.78, 5) is 0. The maximum atomic E-state index is 2.59. The SMILES string of the molecule is CCn1c2ccccc2c2ccc(-n3c4ccccc4c4ccccc43)c(-c3c(-n4c5ccccc5c5ccccc54)ccc4c3I(c3ccccc3)c3ccccc3-4)c21. The van der Waals surface area contributed by atoms with Crippen LogP contribution in [0.25, 0.3) is 99.0 Å². The summed E-state index contributed by atoms with van der Waals surface area (Å²) < 4.78 is 12.2. The molecule has 60 heavy (non-hydrogen) atoms. The summed E-state index contributed by atoms with van der Waals surface area (Å²) in [7, 11) is 0. The van der Waals surface area contributed by atoms with E-state index >= 15 is 0 Å². The molecule has 9 aromatic carbocycles. The first kappa shape index (κ1) is 34.0. The van der Waals surface area contributed by atoms with Gasteiger partial charge < -0.3 is 0 Å². The van der Waals surface area contributed by atoms with Gasteiger partial charge in [-0.05, 0) is 0 Å². The molecule has 0 saturated heterocycles. The van der Waals surface area contributed by atoms with Crippen LogP contribution in [0.4, 0.5) is 0 Å². The fraction of sp³-hybridized carbons (Fsp3) is 0.0357. The Bertz CT molecular complexity index is 3610. The standard InChI is InChI=1S/C56H38IN3/c1-2-58-46-27-13-7-25-42(46)44-33-35-52(60-49-30-16-10-23-40(49)41-24-11-17-31-50(41)60)54(56(44)58)53-51(59-47-28-14-8-21-38(47)39-22-9-15-29-48(39)59)34-32-43-37-20-6-12-26-45(37)57(55(43)53)36-18-4-3-5-19-36/h3-35H,2H2,1H3. The van der Waals surface area contributed by atoms with Gasteiger partial charge in [0.2, 0.25) is 0 Å². The number of aryl methyl sites for hydroxylation is 1. The fourth-order valence-electron chi connectivity index (χ4n) is 10.4. The zero-order valence-corrected chi connectivity index (χ0v) is 35.1. The molecule has 3 aromatic heterocycles. The molecule has 0 radical (unpaired) electrons. The predicted octanol–water partition coefficient (Wildman–Crippen LogP) is 15.1. The van der Waals surface area contributed by atoms with Crippen molar-refractivity contribution in [3.05, 3.63) is 211 Å². The first-order valence-corrected chi connectivity index (χ1v) is 24.1.